The number of amides is 1. The zero-order valence-corrected chi connectivity index (χ0v) is 15.4. The van der Waals surface area contributed by atoms with E-state index in [1.165, 1.54) is 12.8 Å². The number of carbonyl (C=O) groups is 1. The highest BCUT2D eigenvalue weighted by Crippen LogP contribution is 2.44. The fourth-order valence-corrected chi connectivity index (χ4v) is 4.82. The Balaban J connectivity index is 1.40. The van der Waals surface area contributed by atoms with Crippen molar-refractivity contribution in [3.63, 3.8) is 0 Å². The zero-order valence-electron chi connectivity index (χ0n) is 15.4. The number of pyridine rings is 1. The van der Waals surface area contributed by atoms with Crippen LogP contribution in [-0.4, -0.2) is 28.9 Å². The Morgan fingerprint density at radius 2 is 2.19 bits per heavy atom. The summed E-state index contributed by atoms with van der Waals surface area (Å²) >= 11 is 0. The molecule has 1 fully saturated rings. The van der Waals surface area contributed by atoms with Crippen LogP contribution in [0.2, 0.25) is 0 Å². The summed E-state index contributed by atoms with van der Waals surface area (Å²) in [4.78, 5) is 19.6. The second-order valence-electron chi connectivity index (χ2n) is 8.01. The predicted molar refractivity (Wildman–Crippen MR) is 103 cm³/mol. The summed E-state index contributed by atoms with van der Waals surface area (Å²) in [5, 5.41) is 0. The Hall–Kier alpha value is -2.62. The van der Waals surface area contributed by atoms with E-state index in [2.05, 4.69) is 17.1 Å². The largest absolute Gasteiger partial charge is 0.493 e. The molecule has 1 aliphatic heterocycles. The smallest absolute Gasteiger partial charge is 0.254 e. The molecule has 4 nitrogen and oxygen atoms in total. The van der Waals surface area contributed by atoms with Gasteiger partial charge in [-0.3, -0.25) is 9.78 Å². The van der Waals surface area contributed by atoms with Crippen LogP contribution in [0.3, 0.4) is 0 Å². The number of aromatic nitrogens is 1. The molecule has 3 aliphatic rings. The Morgan fingerprint density at radius 1 is 1.22 bits per heavy atom. The van der Waals surface area contributed by atoms with Crippen molar-refractivity contribution >= 4 is 5.91 Å². The van der Waals surface area contributed by atoms with Crippen LogP contribution in [0.25, 0.3) is 0 Å². The van der Waals surface area contributed by atoms with Gasteiger partial charge in [-0.2, -0.15) is 0 Å². The summed E-state index contributed by atoms with van der Waals surface area (Å²) in [6.07, 6.45) is 11.7. The highest BCUT2D eigenvalue weighted by Gasteiger charge is 2.37. The van der Waals surface area contributed by atoms with Gasteiger partial charge in [0.1, 0.15) is 5.75 Å². The van der Waals surface area contributed by atoms with Crippen molar-refractivity contribution < 1.29 is 9.53 Å². The van der Waals surface area contributed by atoms with Gasteiger partial charge in [0.05, 0.1) is 6.61 Å². The SMILES string of the molecule is O=C(c1ccc2c(c1)CCO2)N(Cc1cccnc1)C[C@@H]1C[C@@H]2C=C[C@H]1C2. The topological polar surface area (TPSA) is 42.4 Å². The lowest BCUT2D eigenvalue weighted by Crippen LogP contribution is -2.36. The number of ether oxygens (including phenoxy) is 1. The molecule has 2 aromatic rings. The summed E-state index contributed by atoms with van der Waals surface area (Å²) in [6, 6.07) is 9.85. The van der Waals surface area contributed by atoms with Crippen molar-refractivity contribution in [2.24, 2.45) is 17.8 Å². The van der Waals surface area contributed by atoms with Gasteiger partial charge in [0.15, 0.2) is 0 Å². The maximum absolute atomic E-state index is 13.4. The molecule has 3 atom stereocenters. The first-order valence-electron chi connectivity index (χ1n) is 9.88. The third-order valence-corrected chi connectivity index (χ3v) is 6.19. The van der Waals surface area contributed by atoms with E-state index >= 15 is 0 Å². The standard InChI is InChI=1S/C23H24N2O2/c26-23(20-5-6-22-19(12-20)7-9-27-22)25(14-17-2-1-8-24-13-17)15-21-11-16-3-4-18(21)10-16/h1-6,8,12-13,16,18,21H,7,9-11,14-15H2/t16-,18+,21+/m1/s1. The minimum Gasteiger partial charge on any atom is -0.493 e. The van der Waals surface area contributed by atoms with E-state index < -0.39 is 0 Å². The average molecular weight is 360 g/mol. The lowest BCUT2D eigenvalue weighted by Gasteiger charge is -2.29. The van der Waals surface area contributed by atoms with Crippen molar-refractivity contribution in [1.29, 1.82) is 0 Å². The first-order valence-corrected chi connectivity index (χ1v) is 9.88. The zero-order chi connectivity index (χ0) is 18.2. The van der Waals surface area contributed by atoms with Crippen LogP contribution >= 0.6 is 0 Å². The van der Waals surface area contributed by atoms with Crippen LogP contribution < -0.4 is 4.74 Å². The lowest BCUT2D eigenvalue weighted by atomic mass is 9.92. The van der Waals surface area contributed by atoms with Crippen LogP contribution in [0.1, 0.15) is 34.3 Å². The number of nitrogens with zero attached hydrogens (tertiary/aromatic N) is 2. The molecule has 4 heteroatoms. The number of rotatable bonds is 5. The minimum absolute atomic E-state index is 0.111. The first kappa shape index (κ1) is 16.5. The molecule has 1 aromatic carbocycles. The Kier molecular flexibility index (Phi) is 4.19. The van der Waals surface area contributed by atoms with Crippen LogP contribution in [0.5, 0.6) is 5.75 Å². The first-order chi connectivity index (χ1) is 13.3. The second-order valence-corrected chi connectivity index (χ2v) is 8.01. The third kappa shape index (κ3) is 3.25. The van der Waals surface area contributed by atoms with Crippen molar-refractivity contribution in [2.75, 3.05) is 13.2 Å². The molecule has 2 aliphatic carbocycles. The molecule has 2 heterocycles. The normalized spacial score (nSPS) is 24.7. The van der Waals surface area contributed by atoms with Gasteiger partial charge in [-0.05, 0) is 66.0 Å². The Morgan fingerprint density at radius 3 is 2.96 bits per heavy atom. The fourth-order valence-electron chi connectivity index (χ4n) is 4.82. The van der Waals surface area contributed by atoms with E-state index in [9.17, 15) is 4.79 Å². The number of allylic oxidation sites excluding steroid dienone is 2. The number of hydrogen-bond acceptors (Lipinski definition) is 3. The summed E-state index contributed by atoms with van der Waals surface area (Å²) in [6.45, 7) is 2.13. The van der Waals surface area contributed by atoms with E-state index in [0.29, 0.717) is 30.9 Å². The van der Waals surface area contributed by atoms with Gasteiger partial charge in [-0.1, -0.05) is 18.2 Å². The highest BCUT2D eigenvalue weighted by molar-refractivity contribution is 5.94. The maximum Gasteiger partial charge on any atom is 0.254 e. The van der Waals surface area contributed by atoms with Gasteiger partial charge >= 0.3 is 0 Å². The van der Waals surface area contributed by atoms with Gasteiger partial charge in [-0.25, -0.2) is 0 Å². The fraction of sp³-hybridized carbons (Fsp3) is 0.391. The van der Waals surface area contributed by atoms with Crippen LogP contribution in [0.15, 0.2) is 54.9 Å². The Labute approximate surface area is 159 Å². The molecule has 138 valence electrons. The van der Waals surface area contributed by atoms with Gasteiger partial charge in [-0.15, -0.1) is 0 Å². The van der Waals surface area contributed by atoms with E-state index in [-0.39, 0.29) is 5.91 Å². The van der Waals surface area contributed by atoms with Crippen LogP contribution in [-0.2, 0) is 13.0 Å². The van der Waals surface area contributed by atoms with Crippen molar-refractivity contribution in [1.82, 2.24) is 9.88 Å². The lowest BCUT2D eigenvalue weighted by molar-refractivity contribution is 0.0704. The molecule has 0 spiro atoms. The molecule has 1 amide bonds. The maximum atomic E-state index is 13.4. The molecule has 0 radical (unpaired) electrons. The molecule has 1 saturated carbocycles. The summed E-state index contributed by atoms with van der Waals surface area (Å²) in [7, 11) is 0. The van der Waals surface area contributed by atoms with Crippen LogP contribution in [0, 0.1) is 17.8 Å². The second kappa shape index (κ2) is 6.84. The quantitative estimate of drug-likeness (QED) is 0.760. The number of carbonyl (C=O) groups excluding carboxylic acids is 1. The summed E-state index contributed by atoms with van der Waals surface area (Å²) < 4.78 is 5.59. The minimum atomic E-state index is 0.111. The average Bonchev–Trinajstić information content (AvgIpc) is 3.44. The van der Waals surface area contributed by atoms with Gasteiger partial charge in [0.2, 0.25) is 0 Å². The molecule has 2 bridgehead atoms. The number of fused-ring (bicyclic) bond motifs is 3. The van der Waals surface area contributed by atoms with Crippen molar-refractivity contribution in [3.05, 3.63) is 71.6 Å². The van der Waals surface area contributed by atoms with Gasteiger partial charge in [0, 0.05) is 37.5 Å². The van der Waals surface area contributed by atoms with E-state index in [1.54, 1.807) is 6.20 Å². The van der Waals surface area contributed by atoms with Crippen molar-refractivity contribution in [2.45, 2.75) is 25.8 Å². The molecular formula is C23H24N2O2. The molecule has 27 heavy (non-hydrogen) atoms. The molecular weight excluding hydrogens is 336 g/mol. The Bertz CT molecular complexity index is 877. The summed E-state index contributed by atoms with van der Waals surface area (Å²) in [5.74, 6) is 2.95. The summed E-state index contributed by atoms with van der Waals surface area (Å²) in [5.41, 5.74) is 2.99. The van der Waals surface area contributed by atoms with Gasteiger partial charge < -0.3 is 9.64 Å². The molecule has 0 saturated heterocycles. The van der Waals surface area contributed by atoms with E-state index in [0.717, 1.165) is 35.4 Å². The predicted octanol–water partition coefficient (Wildman–Crippen LogP) is 3.87. The highest BCUT2D eigenvalue weighted by atomic mass is 16.5. The molecule has 1 aromatic heterocycles. The monoisotopic (exact) mass is 360 g/mol. The van der Waals surface area contributed by atoms with Crippen LogP contribution in [0.4, 0.5) is 0 Å². The van der Waals surface area contributed by atoms with Gasteiger partial charge in [0.25, 0.3) is 5.91 Å². The number of hydrogen-bond donors (Lipinski definition) is 0. The number of benzene rings is 1. The molecule has 0 N–H and O–H groups in total. The van der Waals surface area contributed by atoms with E-state index in [1.807, 2.05) is 41.4 Å². The van der Waals surface area contributed by atoms with E-state index in [4.69, 9.17) is 4.74 Å². The van der Waals surface area contributed by atoms with Crippen molar-refractivity contribution in [3.8, 4) is 5.75 Å². The molecule has 5 rings (SSSR count). The third-order valence-electron chi connectivity index (χ3n) is 6.19. The molecule has 0 unspecified atom stereocenters.